The van der Waals surface area contributed by atoms with Crippen LogP contribution >= 0.6 is 0 Å². The summed E-state index contributed by atoms with van der Waals surface area (Å²) < 4.78 is 0. The maximum Gasteiger partial charge on any atom is 4.00 e. The van der Waals surface area contributed by atoms with Crippen molar-refractivity contribution in [1.29, 1.82) is 0 Å². The van der Waals surface area contributed by atoms with Gasteiger partial charge in [0.2, 0.25) is 0 Å². The fourth-order valence-corrected chi connectivity index (χ4v) is 0.953. The summed E-state index contributed by atoms with van der Waals surface area (Å²) in [5.74, 6) is 0.736. The molecule has 0 aliphatic rings. The zero-order chi connectivity index (χ0) is 16.9. The van der Waals surface area contributed by atoms with Gasteiger partial charge in [0, 0.05) is 0 Å². The molecule has 1 aromatic rings. The van der Waals surface area contributed by atoms with E-state index in [1.807, 2.05) is 20.8 Å². The molecule has 0 heterocycles. The van der Waals surface area contributed by atoms with Crippen LogP contribution in [0.25, 0.3) is 16.0 Å². The topological polar surface area (TPSA) is 42.3 Å². The zero-order valence-electron chi connectivity index (χ0n) is 16.1. The molecule has 0 saturated heterocycles. The minimum atomic E-state index is 0. The molecule has 0 fully saturated rings. The molecular formula is C18H37HfN3. The van der Waals surface area contributed by atoms with E-state index in [2.05, 4.69) is 54.1 Å². The molecule has 0 N–H and O–H groups in total. The molecule has 1 atom stereocenters. The smallest absolute Gasteiger partial charge is 0.665 e. The van der Waals surface area contributed by atoms with Gasteiger partial charge in [0.25, 0.3) is 0 Å². The summed E-state index contributed by atoms with van der Waals surface area (Å²) in [4.78, 5) is 0. The Morgan fingerprint density at radius 3 is 1.23 bits per heavy atom. The second-order valence-corrected chi connectivity index (χ2v) is 4.42. The fraction of sp³-hybridized carbons (Fsp3) is 0.722. The molecule has 1 rings (SSSR count). The Labute approximate surface area is 159 Å². The fourth-order valence-electron chi connectivity index (χ4n) is 0.953. The Morgan fingerprint density at radius 2 is 1.05 bits per heavy atom. The molecule has 1 unspecified atom stereocenters. The van der Waals surface area contributed by atoms with Gasteiger partial charge in [0.1, 0.15) is 0 Å². The van der Waals surface area contributed by atoms with Crippen molar-refractivity contribution in [1.82, 2.24) is 0 Å². The molecule has 3 nitrogen and oxygen atoms in total. The minimum absolute atomic E-state index is 0. The Bertz CT molecular complexity index is 223. The normalized spacial score (nSPS) is 9.64. The summed E-state index contributed by atoms with van der Waals surface area (Å²) in [6.07, 6.45) is 1.24. The van der Waals surface area contributed by atoms with Crippen LogP contribution in [-0.4, -0.2) is 40.8 Å². The molecule has 4 heteroatoms. The summed E-state index contributed by atoms with van der Waals surface area (Å²) >= 11 is 0. The average molecular weight is 474 g/mol. The van der Waals surface area contributed by atoms with Crippen LogP contribution in [0.5, 0.6) is 0 Å². The van der Waals surface area contributed by atoms with Crippen molar-refractivity contribution in [2.75, 3.05) is 40.8 Å². The van der Waals surface area contributed by atoms with Crippen LogP contribution in [0.1, 0.15) is 52.5 Å². The van der Waals surface area contributed by atoms with Gasteiger partial charge in [-0.15, -0.1) is 0 Å². The van der Waals surface area contributed by atoms with E-state index in [0.29, 0.717) is 0 Å². The number of hydrogen-bond donors (Lipinski definition) is 0. The van der Waals surface area contributed by atoms with E-state index in [0.717, 1.165) is 25.6 Å². The minimum Gasteiger partial charge on any atom is -0.665 e. The molecule has 1 aromatic carbocycles. The number of hydrogen-bond acceptors (Lipinski definition) is 0. The van der Waals surface area contributed by atoms with Crippen LogP contribution in [0.4, 0.5) is 0 Å². The van der Waals surface area contributed by atoms with E-state index < -0.39 is 0 Å². The molecule has 22 heavy (non-hydrogen) atoms. The molecule has 0 aromatic heterocycles. The van der Waals surface area contributed by atoms with Crippen LogP contribution in [-0.2, 0) is 25.8 Å². The van der Waals surface area contributed by atoms with E-state index >= 15 is 0 Å². The van der Waals surface area contributed by atoms with Gasteiger partial charge in [-0.05, 0) is 0 Å². The van der Waals surface area contributed by atoms with Crippen LogP contribution in [0, 0.1) is 0 Å². The monoisotopic (exact) mass is 475 g/mol. The van der Waals surface area contributed by atoms with Crippen molar-refractivity contribution >= 4 is 0 Å². The summed E-state index contributed by atoms with van der Waals surface area (Å²) in [6.45, 7) is 13.4. The molecule has 128 valence electrons. The van der Waals surface area contributed by atoms with Crippen LogP contribution in [0.15, 0.2) is 24.3 Å². The number of rotatable bonds is 5. The molecule has 0 saturated carbocycles. The van der Waals surface area contributed by atoms with Crippen molar-refractivity contribution in [3.05, 3.63) is 45.8 Å². The summed E-state index contributed by atoms with van der Waals surface area (Å²) in [7, 11) is 5.42. The van der Waals surface area contributed by atoms with Crippen molar-refractivity contribution in [3.63, 3.8) is 0 Å². The van der Waals surface area contributed by atoms with Crippen molar-refractivity contribution in [3.8, 4) is 0 Å². The Balaban J connectivity index is -0.000000107. The molecule has 0 aliphatic heterocycles. The van der Waals surface area contributed by atoms with Gasteiger partial charge in [0.15, 0.2) is 0 Å². The van der Waals surface area contributed by atoms with Gasteiger partial charge in [-0.1, -0.05) is 47.0 Å². The van der Waals surface area contributed by atoms with E-state index in [1.54, 1.807) is 21.1 Å². The maximum absolute atomic E-state index is 3.74. The molecule has 0 spiro atoms. The molecular weight excluding hydrogens is 437 g/mol. The van der Waals surface area contributed by atoms with Gasteiger partial charge in [-0.3, -0.25) is 0 Å². The zero-order valence-corrected chi connectivity index (χ0v) is 19.6. The Morgan fingerprint density at radius 1 is 0.773 bits per heavy atom. The van der Waals surface area contributed by atoms with Gasteiger partial charge >= 0.3 is 25.8 Å². The van der Waals surface area contributed by atoms with Crippen LogP contribution < -0.4 is 0 Å². The van der Waals surface area contributed by atoms with Crippen molar-refractivity contribution in [2.45, 2.75) is 47.0 Å². The van der Waals surface area contributed by atoms with E-state index in [4.69, 9.17) is 0 Å². The first-order valence-corrected chi connectivity index (χ1v) is 7.97. The second kappa shape index (κ2) is 29.2. The predicted octanol–water partition coefficient (Wildman–Crippen LogP) is 5.95. The first kappa shape index (κ1) is 30.0. The Kier molecular flexibility index (Phi) is 39.8. The standard InChI is InChI=1S/C9H13.3C3H8N.Hf/c1-3-8(2)9-6-4-5-7-9;3*1-3-4-2;/h4-8H,3H2,1-2H3;3*3H2,1-2H3;/q4*-1;+4. The van der Waals surface area contributed by atoms with E-state index in [1.165, 1.54) is 12.0 Å². The van der Waals surface area contributed by atoms with Crippen LogP contribution in [0.3, 0.4) is 0 Å². The first-order chi connectivity index (χ1) is 10.1. The van der Waals surface area contributed by atoms with Gasteiger partial charge in [0.05, 0.1) is 0 Å². The SMILES string of the molecule is CCC(C)[c-]1cccc1.CC[N-]C.CC[N-]C.CC[N-]C.[Hf+4]. The molecule has 0 amide bonds. The first-order valence-electron chi connectivity index (χ1n) is 7.97. The number of nitrogens with zero attached hydrogens (tertiary/aromatic N) is 3. The summed E-state index contributed by atoms with van der Waals surface area (Å²) in [5, 5.41) is 11.2. The van der Waals surface area contributed by atoms with Gasteiger partial charge in [-0.25, -0.2) is 12.1 Å². The Hall–Kier alpha value is 0.100. The van der Waals surface area contributed by atoms with E-state index in [-0.39, 0.29) is 25.8 Å². The summed E-state index contributed by atoms with van der Waals surface area (Å²) in [5.41, 5.74) is 1.47. The third-order valence-corrected chi connectivity index (χ3v) is 2.82. The average Bonchev–Trinajstić information content (AvgIpc) is 3.09. The van der Waals surface area contributed by atoms with Gasteiger partial charge in [-0.2, -0.15) is 58.5 Å². The summed E-state index contributed by atoms with van der Waals surface area (Å²) in [6, 6.07) is 8.57. The van der Waals surface area contributed by atoms with Crippen molar-refractivity contribution in [2.24, 2.45) is 0 Å². The quantitative estimate of drug-likeness (QED) is 0.375. The second-order valence-electron chi connectivity index (χ2n) is 4.42. The molecule has 0 bridgehead atoms. The van der Waals surface area contributed by atoms with Crippen LogP contribution in [0.2, 0.25) is 0 Å². The third kappa shape index (κ3) is 28.3. The third-order valence-electron chi connectivity index (χ3n) is 2.82. The van der Waals surface area contributed by atoms with E-state index in [9.17, 15) is 0 Å². The molecule has 0 radical (unpaired) electrons. The molecule has 0 aliphatic carbocycles. The maximum atomic E-state index is 3.74. The van der Waals surface area contributed by atoms with Gasteiger partial charge < -0.3 is 16.0 Å². The predicted molar refractivity (Wildman–Crippen MR) is 100 cm³/mol. The largest absolute Gasteiger partial charge is 4.00 e. The van der Waals surface area contributed by atoms with Crippen molar-refractivity contribution < 1.29 is 25.8 Å².